The van der Waals surface area contributed by atoms with Crippen LogP contribution >= 0.6 is 0 Å². The lowest BCUT2D eigenvalue weighted by molar-refractivity contribution is 0.602. The maximum atomic E-state index is 14.2. The van der Waals surface area contributed by atoms with Crippen molar-refractivity contribution in [3.63, 3.8) is 0 Å². The van der Waals surface area contributed by atoms with Gasteiger partial charge in [-0.05, 0) is 37.7 Å². The molecule has 0 fully saturated rings. The van der Waals surface area contributed by atoms with Crippen LogP contribution in [0.15, 0.2) is 42.6 Å². The molecule has 0 bridgehead atoms. The summed E-state index contributed by atoms with van der Waals surface area (Å²) in [4.78, 5) is 6.19. The Bertz CT molecular complexity index is 557. The van der Waals surface area contributed by atoms with Crippen molar-refractivity contribution in [2.24, 2.45) is 0 Å². The Morgan fingerprint density at radius 1 is 1.25 bits per heavy atom. The van der Waals surface area contributed by atoms with E-state index in [2.05, 4.69) is 10.3 Å². The minimum absolute atomic E-state index is 0.0897. The Kier molecular flexibility index (Phi) is 4.69. The molecule has 2 rings (SSSR count). The zero-order valence-electron chi connectivity index (χ0n) is 12.1. The number of aromatic nitrogens is 1. The van der Waals surface area contributed by atoms with Gasteiger partial charge in [-0.15, -0.1) is 0 Å². The van der Waals surface area contributed by atoms with Gasteiger partial charge < -0.3 is 10.2 Å². The first-order chi connectivity index (χ1) is 9.63. The molecule has 1 aromatic carbocycles. The Balaban J connectivity index is 2.31. The predicted molar refractivity (Wildman–Crippen MR) is 80.2 cm³/mol. The number of rotatable bonds is 5. The lowest BCUT2D eigenvalue weighted by Crippen LogP contribution is -2.23. The van der Waals surface area contributed by atoms with Crippen LogP contribution in [0.5, 0.6) is 0 Å². The first-order valence-electron chi connectivity index (χ1n) is 6.70. The highest BCUT2D eigenvalue weighted by molar-refractivity contribution is 5.55. The lowest BCUT2D eigenvalue weighted by Gasteiger charge is -2.25. The summed E-state index contributed by atoms with van der Waals surface area (Å²) in [6, 6.07) is 11.0. The molecule has 1 unspecified atom stereocenters. The van der Waals surface area contributed by atoms with E-state index in [4.69, 9.17) is 0 Å². The van der Waals surface area contributed by atoms with Crippen molar-refractivity contribution in [1.29, 1.82) is 0 Å². The molecule has 0 radical (unpaired) electrons. The summed E-state index contributed by atoms with van der Waals surface area (Å²) in [5, 5.41) is 3.16. The average molecular weight is 273 g/mol. The number of nitrogens with one attached hydrogen (secondary N) is 1. The number of hydrogen-bond donors (Lipinski definition) is 1. The van der Waals surface area contributed by atoms with Gasteiger partial charge in [0.1, 0.15) is 5.82 Å². The minimum atomic E-state index is -0.206. The lowest BCUT2D eigenvalue weighted by atomic mass is 10.0. The van der Waals surface area contributed by atoms with E-state index >= 15 is 0 Å². The van der Waals surface area contributed by atoms with Crippen molar-refractivity contribution in [1.82, 2.24) is 10.3 Å². The molecule has 0 saturated carbocycles. The minimum Gasteiger partial charge on any atom is -0.366 e. The summed E-state index contributed by atoms with van der Waals surface area (Å²) >= 11 is 0. The second-order valence-electron chi connectivity index (χ2n) is 4.87. The van der Waals surface area contributed by atoms with Crippen molar-refractivity contribution in [3.8, 4) is 0 Å². The van der Waals surface area contributed by atoms with E-state index in [0.717, 1.165) is 11.3 Å². The Morgan fingerprint density at radius 3 is 2.70 bits per heavy atom. The normalized spacial score (nSPS) is 12.2. The van der Waals surface area contributed by atoms with Gasteiger partial charge in [-0.2, -0.15) is 0 Å². The third-order valence-electron chi connectivity index (χ3n) is 3.42. The van der Waals surface area contributed by atoms with Crippen molar-refractivity contribution < 1.29 is 4.39 Å². The highest BCUT2D eigenvalue weighted by Gasteiger charge is 2.17. The summed E-state index contributed by atoms with van der Waals surface area (Å²) in [7, 11) is 3.76. The van der Waals surface area contributed by atoms with Gasteiger partial charge in [-0.3, -0.25) is 4.98 Å². The SMILES string of the molecule is CNC(C)c1cccc(F)c1N(C)Cc1ccccn1. The smallest absolute Gasteiger partial charge is 0.146 e. The number of halogens is 1. The zero-order valence-corrected chi connectivity index (χ0v) is 12.1. The molecule has 0 aliphatic heterocycles. The molecule has 1 heterocycles. The molecular formula is C16H20FN3. The summed E-state index contributed by atoms with van der Waals surface area (Å²) in [6.45, 7) is 2.60. The van der Waals surface area contributed by atoms with Gasteiger partial charge in [0.2, 0.25) is 0 Å². The molecule has 0 aliphatic rings. The van der Waals surface area contributed by atoms with Gasteiger partial charge in [0.15, 0.2) is 0 Å². The fourth-order valence-electron chi connectivity index (χ4n) is 2.25. The third-order valence-corrected chi connectivity index (χ3v) is 3.42. The first-order valence-corrected chi connectivity index (χ1v) is 6.70. The highest BCUT2D eigenvalue weighted by Crippen LogP contribution is 2.29. The van der Waals surface area contributed by atoms with Crippen molar-refractivity contribution in [2.75, 3.05) is 19.0 Å². The highest BCUT2D eigenvalue weighted by atomic mass is 19.1. The monoisotopic (exact) mass is 273 g/mol. The van der Waals surface area contributed by atoms with Gasteiger partial charge in [-0.1, -0.05) is 18.2 Å². The molecule has 106 valence electrons. The number of pyridine rings is 1. The van der Waals surface area contributed by atoms with Crippen molar-refractivity contribution in [3.05, 3.63) is 59.7 Å². The van der Waals surface area contributed by atoms with Crippen LogP contribution in [0.3, 0.4) is 0 Å². The quantitative estimate of drug-likeness (QED) is 0.907. The molecular weight excluding hydrogens is 253 g/mol. The van der Waals surface area contributed by atoms with E-state index in [1.54, 1.807) is 12.3 Å². The van der Waals surface area contributed by atoms with Crippen LogP contribution in [0.4, 0.5) is 10.1 Å². The molecule has 1 N–H and O–H groups in total. The summed E-state index contributed by atoms with van der Waals surface area (Å²) in [5.74, 6) is -0.206. The molecule has 3 nitrogen and oxygen atoms in total. The Morgan fingerprint density at radius 2 is 2.05 bits per heavy atom. The van der Waals surface area contributed by atoms with Crippen LogP contribution in [0.1, 0.15) is 24.2 Å². The molecule has 20 heavy (non-hydrogen) atoms. The van der Waals surface area contributed by atoms with Crippen LogP contribution in [-0.4, -0.2) is 19.1 Å². The van der Waals surface area contributed by atoms with Crippen molar-refractivity contribution in [2.45, 2.75) is 19.5 Å². The van der Waals surface area contributed by atoms with E-state index in [-0.39, 0.29) is 11.9 Å². The molecule has 0 amide bonds. The van der Waals surface area contributed by atoms with Crippen LogP contribution in [-0.2, 0) is 6.54 Å². The Labute approximate surface area is 119 Å². The van der Waals surface area contributed by atoms with E-state index < -0.39 is 0 Å². The fraction of sp³-hybridized carbons (Fsp3) is 0.312. The summed E-state index contributed by atoms with van der Waals surface area (Å²) in [5.41, 5.74) is 2.49. The van der Waals surface area contributed by atoms with E-state index in [1.165, 1.54) is 6.07 Å². The van der Waals surface area contributed by atoms with Crippen LogP contribution in [0, 0.1) is 5.82 Å². The first kappa shape index (κ1) is 14.5. The maximum Gasteiger partial charge on any atom is 0.146 e. The number of anilines is 1. The van der Waals surface area contributed by atoms with Crippen LogP contribution < -0.4 is 10.2 Å². The van der Waals surface area contributed by atoms with E-state index in [0.29, 0.717) is 12.2 Å². The molecule has 0 spiro atoms. The number of benzene rings is 1. The van der Waals surface area contributed by atoms with Crippen LogP contribution in [0.2, 0.25) is 0 Å². The van der Waals surface area contributed by atoms with E-state index in [1.807, 2.05) is 50.2 Å². The topological polar surface area (TPSA) is 28.2 Å². The van der Waals surface area contributed by atoms with Gasteiger partial charge in [-0.25, -0.2) is 4.39 Å². The second-order valence-corrected chi connectivity index (χ2v) is 4.87. The molecule has 0 saturated heterocycles. The molecule has 4 heteroatoms. The average Bonchev–Trinajstić information content (AvgIpc) is 2.47. The Hall–Kier alpha value is -1.94. The predicted octanol–water partition coefficient (Wildman–Crippen LogP) is 3.14. The van der Waals surface area contributed by atoms with E-state index in [9.17, 15) is 4.39 Å². The van der Waals surface area contributed by atoms with Gasteiger partial charge in [0.25, 0.3) is 0 Å². The fourth-order valence-corrected chi connectivity index (χ4v) is 2.25. The third kappa shape index (κ3) is 3.14. The van der Waals surface area contributed by atoms with Gasteiger partial charge in [0, 0.05) is 19.3 Å². The van der Waals surface area contributed by atoms with Crippen molar-refractivity contribution >= 4 is 5.69 Å². The maximum absolute atomic E-state index is 14.2. The summed E-state index contributed by atoms with van der Waals surface area (Å²) < 4.78 is 14.2. The number of nitrogens with zero attached hydrogens (tertiary/aromatic N) is 2. The molecule has 2 aromatic rings. The molecule has 1 aromatic heterocycles. The standard InChI is InChI=1S/C16H20FN3/c1-12(18-2)14-8-6-9-15(17)16(14)20(3)11-13-7-4-5-10-19-13/h4-10,12,18H,11H2,1-3H3. The number of hydrogen-bond acceptors (Lipinski definition) is 3. The van der Waals surface area contributed by atoms with Gasteiger partial charge >= 0.3 is 0 Å². The molecule has 1 atom stereocenters. The summed E-state index contributed by atoms with van der Waals surface area (Å²) in [6.07, 6.45) is 1.75. The molecule has 0 aliphatic carbocycles. The van der Waals surface area contributed by atoms with Crippen LogP contribution in [0.25, 0.3) is 0 Å². The zero-order chi connectivity index (χ0) is 14.5. The number of para-hydroxylation sites is 1. The largest absolute Gasteiger partial charge is 0.366 e. The second kappa shape index (κ2) is 6.48. The van der Waals surface area contributed by atoms with Gasteiger partial charge in [0.05, 0.1) is 17.9 Å².